The Bertz CT molecular complexity index is 943. The molecule has 2 N–H and O–H groups in total. The molecule has 0 bridgehead atoms. The molecule has 3 aromatic rings. The number of hydrogen-bond acceptors (Lipinski definition) is 5. The van der Waals surface area contributed by atoms with Crippen LogP contribution in [0.5, 0.6) is 0 Å². The average molecular weight is 381 g/mol. The Morgan fingerprint density at radius 3 is 2.57 bits per heavy atom. The Morgan fingerprint density at radius 1 is 1.11 bits per heavy atom. The molecule has 1 aromatic carbocycles. The molecule has 2 aromatic heterocycles. The highest BCUT2D eigenvalue weighted by Gasteiger charge is 2.14. The van der Waals surface area contributed by atoms with Crippen LogP contribution >= 0.6 is 0 Å². The van der Waals surface area contributed by atoms with Gasteiger partial charge >= 0.3 is 6.03 Å². The molecule has 0 atom stereocenters. The molecule has 28 heavy (non-hydrogen) atoms. The molecule has 7 nitrogen and oxygen atoms in total. The third kappa shape index (κ3) is 4.24. The van der Waals surface area contributed by atoms with Crippen molar-refractivity contribution in [2.45, 2.75) is 39.8 Å². The summed E-state index contributed by atoms with van der Waals surface area (Å²) < 4.78 is 5.35. The van der Waals surface area contributed by atoms with Gasteiger partial charge in [-0.15, -0.1) is 0 Å². The second-order valence-corrected chi connectivity index (χ2v) is 6.83. The minimum absolute atomic E-state index is 0.224. The van der Waals surface area contributed by atoms with Gasteiger partial charge in [0.15, 0.2) is 0 Å². The zero-order valence-corrected chi connectivity index (χ0v) is 16.9. The molecule has 0 unspecified atom stereocenters. The third-order valence-electron chi connectivity index (χ3n) is 4.72. The molecule has 2 heterocycles. The van der Waals surface area contributed by atoms with Gasteiger partial charge in [0.1, 0.15) is 11.6 Å². The third-order valence-corrected chi connectivity index (χ3v) is 4.72. The van der Waals surface area contributed by atoms with Crippen LogP contribution in [0.3, 0.4) is 0 Å². The summed E-state index contributed by atoms with van der Waals surface area (Å²) in [7, 11) is 3.91. The Balaban J connectivity index is 1.69. The molecule has 0 aliphatic heterocycles. The number of carbonyl (C=O) groups excluding carboxylic acids is 1. The SMILES string of the molecule is CCc1noc(CC)c1CNC(=O)NCc1cc(N(C)C)nc2ccccc12. The Hall–Kier alpha value is -3.09. The number of aryl methyl sites for hydroxylation is 2. The van der Waals surface area contributed by atoms with Crippen molar-refractivity contribution in [3.8, 4) is 0 Å². The summed E-state index contributed by atoms with van der Waals surface area (Å²) in [5, 5.41) is 11.0. The maximum Gasteiger partial charge on any atom is 0.315 e. The molecule has 0 fully saturated rings. The predicted molar refractivity (Wildman–Crippen MR) is 110 cm³/mol. The molecule has 0 saturated carbocycles. The van der Waals surface area contributed by atoms with E-state index in [1.165, 1.54) is 0 Å². The van der Waals surface area contributed by atoms with Crippen LogP contribution in [0.15, 0.2) is 34.9 Å². The fraction of sp³-hybridized carbons (Fsp3) is 0.381. The molecule has 0 aliphatic rings. The number of anilines is 1. The summed E-state index contributed by atoms with van der Waals surface area (Å²) in [6.07, 6.45) is 1.53. The molecule has 7 heteroatoms. The molecule has 148 valence electrons. The molecule has 3 rings (SSSR count). The first-order valence-electron chi connectivity index (χ1n) is 9.57. The van der Waals surface area contributed by atoms with E-state index in [1.54, 1.807) is 0 Å². The minimum atomic E-state index is -0.224. The van der Waals surface area contributed by atoms with Crippen molar-refractivity contribution < 1.29 is 9.32 Å². The number of amides is 2. The van der Waals surface area contributed by atoms with Crippen LogP contribution in [-0.2, 0) is 25.9 Å². The summed E-state index contributed by atoms with van der Waals surface area (Å²) in [5.41, 5.74) is 3.81. The van der Waals surface area contributed by atoms with Gasteiger partial charge in [-0.05, 0) is 24.1 Å². The quantitative estimate of drug-likeness (QED) is 0.655. The zero-order chi connectivity index (χ0) is 20.1. The van der Waals surface area contributed by atoms with Crippen LogP contribution in [-0.4, -0.2) is 30.3 Å². The van der Waals surface area contributed by atoms with Crippen molar-refractivity contribution in [2.24, 2.45) is 0 Å². The summed E-state index contributed by atoms with van der Waals surface area (Å²) in [6.45, 7) is 4.86. The summed E-state index contributed by atoms with van der Waals surface area (Å²) in [5.74, 6) is 1.69. The average Bonchev–Trinajstić information content (AvgIpc) is 3.12. The largest absolute Gasteiger partial charge is 0.363 e. The van der Waals surface area contributed by atoms with Crippen molar-refractivity contribution in [3.63, 3.8) is 0 Å². The van der Waals surface area contributed by atoms with E-state index in [9.17, 15) is 4.79 Å². The van der Waals surface area contributed by atoms with E-state index in [4.69, 9.17) is 4.52 Å². The first-order valence-corrected chi connectivity index (χ1v) is 9.57. The molecule has 0 aliphatic carbocycles. The van der Waals surface area contributed by atoms with Crippen LogP contribution in [0.4, 0.5) is 10.6 Å². The van der Waals surface area contributed by atoms with E-state index >= 15 is 0 Å². The van der Waals surface area contributed by atoms with Gasteiger partial charge in [-0.1, -0.05) is 37.2 Å². The molecular weight excluding hydrogens is 354 g/mol. The van der Waals surface area contributed by atoms with Gasteiger partial charge in [0, 0.05) is 44.6 Å². The number of pyridine rings is 1. The van der Waals surface area contributed by atoms with Crippen molar-refractivity contribution in [1.82, 2.24) is 20.8 Å². The highest BCUT2D eigenvalue weighted by Crippen LogP contribution is 2.22. The van der Waals surface area contributed by atoms with Crippen molar-refractivity contribution in [3.05, 3.63) is 52.9 Å². The number of fused-ring (bicyclic) bond motifs is 1. The summed E-state index contributed by atoms with van der Waals surface area (Å²) in [4.78, 5) is 19.0. The van der Waals surface area contributed by atoms with E-state index in [0.29, 0.717) is 13.1 Å². The molecule has 0 radical (unpaired) electrons. The number of nitrogens with one attached hydrogen (secondary N) is 2. The Morgan fingerprint density at radius 2 is 1.86 bits per heavy atom. The number of hydrogen-bond donors (Lipinski definition) is 2. The van der Waals surface area contributed by atoms with Crippen LogP contribution in [0, 0.1) is 0 Å². The smallest absolute Gasteiger partial charge is 0.315 e. The maximum absolute atomic E-state index is 12.4. The van der Waals surface area contributed by atoms with Crippen molar-refractivity contribution in [1.29, 1.82) is 0 Å². The number of benzene rings is 1. The minimum Gasteiger partial charge on any atom is -0.363 e. The lowest BCUT2D eigenvalue weighted by Gasteiger charge is -2.15. The lowest BCUT2D eigenvalue weighted by Crippen LogP contribution is -2.35. The number of rotatable bonds is 7. The van der Waals surface area contributed by atoms with Crippen molar-refractivity contribution >= 4 is 22.8 Å². The highest BCUT2D eigenvalue weighted by molar-refractivity contribution is 5.84. The first-order chi connectivity index (χ1) is 13.5. The topological polar surface area (TPSA) is 83.3 Å². The van der Waals surface area contributed by atoms with E-state index in [2.05, 4.69) is 20.8 Å². The van der Waals surface area contributed by atoms with Gasteiger partial charge in [-0.3, -0.25) is 0 Å². The van der Waals surface area contributed by atoms with Crippen LogP contribution < -0.4 is 15.5 Å². The number of nitrogens with zero attached hydrogens (tertiary/aromatic N) is 3. The van der Waals surface area contributed by atoms with Gasteiger partial charge in [-0.2, -0.15) is 0 Å². The molecule has 0 saturated heterocycles. The number of para-hydroxylation sites is 1. The van der Waals surface area contributed by atoms with Gasteiger partial charge in [-0.25, -0.2) is 9.78 Å². The first kappa shape index (κ1) is 19.7. The number of carbonyl (C=O) groups is 1. The van der Waals surface area contributed by atoms with Crippen molar-refractivity contribution in [2.75, 3.05) is 19.0 Å². The fourth-order valence-corrected chi connectivity index (χ4v) is 3.15. The lowest BCUT2D eigenvalue weighted by molar-refractivity contribution is 0.240. The van der Waals surface area contributed by atoms with E-state index in [0.717, 1.165) is 52.1 Å². The van der Waals surface area contributed by atoms with E-state index < -0.39 is 0 Å². The number of aromatic nitrogens is 2. The zero-order valence-electron chi connectivity index (χ0n) is 16.9. The predicted octanol–water partition coefficient (Wildman–Crippen LogP) is 3.41. The lowest BCUT2D eigenvalue weighted by atomic mass is 10.1. The Kier molecular flexibility index (Phi) is 6.13. The Labute approximate surface area is 165 Å². The van der Waals surface area contributed by atoms with Crippen LogP contribution in [0.1, 0.15) is 36.4 Å². The van der Waals surface area contributed by atoms with Gasteiger partial charge in [0.2, 0.25) is 0 Å². The fourth-order valence-electron chi connectivity index (χ4n) is 3.15. The molecule has 2 amide bonds. The second-order valence-electron chi connectivity index (χ2n) is 6.83. The monoisotopic (exact) mass is 381 g/mol. The molecule has 0 spiro atoms. The highest BCUT2D eigenvalue weighted by atomic mass is 16.5. The maximum atomic E-state index is 12.4. The van der Waals surface area contributed by atoms with Crippen LogP contribution in [0.2, 0.25) is 0 Å². The van der Waals surface area contributed by atoms with E-state index in [-0.39, 0.29) is 6.03 Å². The standard InChI is InChI=1S/C21H27N5O2/c1-5-17-16(19(6-2)28-25-17)13-23-21(27)22-12-14-11-20(26(3)4)24-18-10-8-7-9-15(14)18/h7-11H,5-6,12-13H2,1-4H3,(H2,22,23,27). The number of urea groups is 1. The van der Waals surface area contributed by atoms with Crippen LogP contribution in [0.25, 0.3) is 10.9 Å². The normalized spacial score (nSPS) is 10.9. The van der Waals surface area contributed by atoms with Gasteiger partial charge in [0.25, 0.3) is 0 Å². The molecular formula is C21H27N5O2. The van der Waals surface area contributed by atoms with Gasteiger partial charge in [0.05, 0.1) is 11.2 Å². The van der Waals surface area contributed by atoms with E-state index in [1.807, 2.05) is 63.2 Å². The summed E-state index contributed by atoms with van der Waals surface area (Å²) in [6, 6.07) is 9.73. The van der Waals surface area contributed by atoms with Gasteiger partial charge < -0.3 is 20.1 Å². The summed E-state index contributed by atoms with van der Waals surface area (Å²) >= 11 is 0. The second kappa shape index (κ2) is 8.73.